The molecule has 29 heavy (non-hydrogen) atoms. The number of anilines is 1. The minimum Gasteiger partial charge on any atom is -0.360 e. The maximum absolute atomic E-state index is 12.9. The van der Waals surface area contributed by atoms with E-state index in [4.69, 9.17) is 4.52 Å². The van der Waals surface area contributed by atoms with Crippen LogP contribution in [0.5, 0.6) is 0 Å². The van der Waals surface area contributed by atoms with Gasteiger partial charge >= 0.3 is 0 Å². The molecule has 0 bridgehead atoms. The van der Waals surface area contributed by atoms with E-state index < -0.39 is 15.9 Å². The Morgan fingerprint density at radius 2 is 1.69 bits per heavy atom. The summed E-state index contributed by atoms with van der Waals surface area (Å²) in [6.07, 6.45) is 1.17. The Kier molecular flexibility index (Phi) is 6.14. The lowest BCUT2D eigenvalue weighted by molar-refractivity contribution is -0.118. The highest BCUT2D eigenvalue weighted by Gasteiger charge is 2.24. The quantitative estimate of drug-likeness (QED) is 0.615. The van der Waals surface area contributed by atoms with E-state index in [1.165, 1.54) is 6.26 Å². The molecule has 0 saturated carbocycles. The Hall–Kier alpha value is -2.97. The fourth-order valence-electron chi connectivity index (χ4n) is 2.94. The number of amides is 1. The molecule has 152 valence electrons. The number of benzene rings is 2. The van der Waals surface area contributed by atoms with Gasteiger partial charge in [0.2, 0.25) is 5.91 Å². The fraction of sp³-hybridized carbons (Fsp3) is 0.238. The Balaban J connectivity index is 1.81. The van der Waals surface area contributed by atoms with E-state index >= 15 is 0 Å². The van der Waals surface area contributed by atoms with Crippen molar-refractivity contribution in [3.8, 4) is 0 Å². The number of aryl methyl sites for hydroxylation is 1. The summed E-state index contributed by atoms with van der Waals surface area (Å²) in [5.74, 6) is 0.674. The van der Waals surface area contributed by atoms with E-state index in [-0.39, 0.29) is 16.8 Å². The first kappa shape index (κ1) is 20.8. The number of aromatic nitrogens is 1. The molecular formula is C21H23N3O4S. The maximum Gasteiger partial charge on any atom is 0.247 e. The van der Waals surface area contributed by atoms with Crippen molar-refractivity contribution in [2.75, 3.05) is 11.6 Å². The van der Waals surface area contributed by atoms with Crippen LogP contribution in [-0.4, -0.2) is 25.7 Å². The van der Waals surface area contributed by atoms with Gasteiger partial charge in [0.1, 0.15) is 11.8 Å². The van der Waals surface area contributed by atoms with Gasteiger partial charge in [-0.15, -0.1) is 0 Å². The van der Waals surface area contributed by atoms with Gasteiger partial charge in [0.25, 0.3) is 0 Å². The Morgan fingerprint density at radius 3 is 2.24 bits per heavy atom. The number of rotatable bonds is 7. The lowest BCUT2D eigenvalue weighted by Crippen LogP contribution is -2.34. The summed E-state index contributed by atoms with van der Waals surface area (Å²) in [6.45, 7) is 3.66. The summed E-state index contributed by atoms with van der Waals surface area (Å²) in [5.41, 5.74) is 1.66. The standard InChI is InChI=1S/C21H23N3O4S/c1-14-13-19(24-28-14)23-21(25)20(17-7-5-4-6-8-17)22-15(2)16-9-11-18(12-10-16)29(3,26)27/h4-13,15,20,22H,1-3H3,(H,23,24,25)/t15-,20-/m0/s1. The van der Waals surface area contributed by atoms with Crippen LogP contribution < -0.4 is 10.6 Å². The third-order valence-electron chi connectivity index (χ3n) is 4.50. The lowest BCUT2D eigenvalue weighted by atomic mass is 10.0. The molecule has 1 amide bonds. The van der Waals surface area contributed by atoms with E-state index in [1.54, 1.807) is 37.3 Å². The summed E-state index contributed by atoms with van der Waals surface area (Å²) in [4.78, 5) is 13.2. The van der Waals surface area contributed by atoms with Crippen molar-refractivity contribution >= 4 is 21.6 Å². The SMILES string of the molecule is Cc1cc(NC(=O)[C@@H](N[C@@H](C)c2ccc(S(C)(=O)=O)cc2)c2ccccc2)no1. The number of nitrogens with zero attached hydrogens (tertiary/aromatic N) is 1. The van der Waals surface area contributed by atoms with Crippen LogP contribution in [0.3, 0.4) is 0 Å². The molecule has 0 spiro atoms. The first-order valence-corrected chi connectivity index (χ1v) is 11.0. The van der Waals surface area contributed by atoms with E-state index in [1.807, 2.05) is 37.3 Å². The van der Waals surface area contributed by atoms with Gasteiger partial charge in [0.05, 0.1) is 4.90 Å². The molecule has 0 aliphatic carbocycles. The number of carbonyl (C=O) groups excluding carboxylic acids is 1. The van der Waals surface area contributed by atoms with Crippen molar-refractivity contribution in [2.24, 2.45) is 0 Å². The van der Waals surface area contributed by atoms with Crippen LogP contribution in [-0.2, 0) is 14.6 Å². The average Bonchev–Trinajstić information content (AvgIpc) is 3.10. The van der Waals surface area contributed by atoms with E-state index in [9.17, 15) is 13.2 Å². The molecule has 7 nitrogen and oxygen atoms in total. The zero-order chi connectivity index (χ0) is 21.0. The summed E-state index contributed by atoms with van der Waals surface area (Å²) >= 11 is 0. The number of hydrogen-bond donors (Lipinski definition) is 2. The van der Waals surface area contributed by atoms with Gasteiger partial charge in [-0.25, -0.2) is 8.42 Å². The molecule has 0 aliphatic rings. The molecule has 2 aromatic carbocycles. The van der Waals surface area contributed by atoms with Crippen LogP contribution in [0, 0.1) is 6.92 Å². The second kappa shape index (κ2) is 8.59. The molecule has 0 unspecified atom stereocenters. The molecule has 3 aromatic rings. The van der Waals surface area contributed by atoms with E-state index in [0.717, 1.165) is 11.1 Å². The van der Waals surface area contributed by atoms with Gasteiger partial charge in [-0.1, -0.05) is 47.6 Å². The molecule has 1 heterocycles. The summed E-state index contributed by atoms with van der Waals surface area (Å²) < 4.78 is 28.3. The van der Waals surface area contributed by atoms with Gasteiger partial charge < -0.3 is 9.84 Å². The molecule has 2 N–H and O–H groups in total. The van der Waals surface area contributed by atoms with Gasteiger partial charge in [0.15, 0.2) is 15.7 Å². The molecule has 0 aliphatic heterocycles. The van der Waals surface area contributed by atoms with Crippen molar-refractivity contribution < 1.29 is 17.7 Å². The van der Waals surface area contributed by atoms with Crippen molar-refractivity contribution in [2.45, 2.75) is 30.8 Å². The molecule has 0 saturated heterocycles. The Labute approximate surface area is 170 Å². The predicted octanol–water partition coefficient (Wildman–Crippen LogP) is 3.42. The average molecular weight is 413 g/mol. The van der Waals surface area contributed by atoms with Crippen LogP contribution in [0.4, 0.5) is 5.82 Å². The fourth-order valence-corrected chi connectivity index (χ4v) is 3.57. The predicted molar refractivity (Wildman–Crippen MR) is 110 cm³/mol. The normalized spacial score (nSPS) is 13.6. The second-order valence-electron chi connectivity index (χ2n) is 6.89. The molecule has 3 rings (SSSR count). The first-order valence-electron chi connectivity index (χ1n) is 9.09. The highest BCUT2D eigenvalue weighted by Crippen LogP contribution is 2.22. The molecule has 0 fully saturated rings. The molecule has 2 atom stereocenters. The molecule has 1 aromatic heterocycles. The van der Waals surface area contributed by atoms with Gasteiger partial charge in [-0.2, -0.15) is 0 Å². The lowest BCUT2D eigenvalue weighted by Gasteiger charge is -2.23. The van der Waals surface area contributed by atoms with Crippen LogP contribution in [0.15, 0.2) is 70.1 Å². The Morgan fingerprint density at radius 1 is 1.03 bits per heavy atom. The second-order valence-corrected chi connectivity index (χ2v) is 8.90. The van der Waals surface area contributed by atoms with Gasteiger partial charge in [0, 0.05) is 18.4 Å². The number of carbonyl (C=O) groups is 1. The van der Waals surface area contributed by atoms with Crippen molar-refractivity contribution in [3.63, 3.8) is 0 Å². The van der Waals surface area contributed by atoms with E-state index in [0.29, 0.717) is 11.6 Å². The monoisotopic (exact) mass is 413 g/mol. The first-order chi connectivity index (χ1) is 13.7. The van der Waals surface area contributed by atoms with E-state index in [2.05, 4.69) is 15.8 Å². The number of hydrogen-bond acceptors (Lipinski definition) is 6. The highest BCUT2D eigenvalue weighted by molar-refractivity contribution is 7.90. The van der Waals surface area contributed by atoms with Crippen molar-refractivity contribution in [1.82, 2.24) is 10.5 Å². The molecule has 8 heteroatoms. The van der Waals surface area contributed by atoms with Crippen molar-refractivity contribution in [1.29, 1.82) is 0 Å². The third-order valence-corrected chi connectivity index (χ3v) is 5.63. The minimum atomic E-state index is -3.26. The Bertz CT molecular complexity index is 1080. The van der Waals surface area contributed by atoms with Crippen LogP contribution in [0.2, 0.25) is 0 Å². The largest absolute Gasteiger partial charge is 0.360 e. The summed E-state index contributed by atoms with van der Waals surface area (Å²) in [6, 6.07) is 16.8. The van der Waals surface area contributed by atoms with Crippen LogP contribution in [0.1, 0.15) is 35.9 Å². The summed E-state index contributed by atoms with van der Waals surface area (Å²) in [5, 5.41) is 9.89. The third kappa shape index (κ3) is 5.30. The zero-order valence-corrected chi connectivity index (χ0v) is 17.2. The van der Waals surface area contributed by atoms with Gasteiger partial charge in [-0.05, 0) is 37.1 Å². The van der Waals surface area contributed by atoms with Crippen LogP contribution in [0.25, 0.3) is 0 Å². The zero-order valence-electron chi connectivity index (χ0n) is 16.4. The summed E-state index contributed by atoms with van der Waals surface area (Å²) in [7, 11) is -3.26. The highest BCUT2D eigenvalue weighted by atomic mass is 32.2. The molecule has 0 radical (unpaired) electrons. The maximum atomic E-state index is 12.9. The van der Waals surface area contributed by atoms with Crippen molar-refractivity contribution in [3.05, 3.63) is 77.6 Å². The molecular weight excluding hydrogens is 390 g/mol. The smallest absolute Gasteiger partial charge is 0.247 e. The minimum absolute atomic E-state index is 0.210. The number of nitrogens with one attached hydrogen (secondary N) is 2. The van der Waals surface area contributed by atoms with Gasteiger partial charge in [-0.3, -0.25) is 10.1 Å². The topological polar surface area (TPSA) is 101 Å². The van der Waals surface area contributed by atoms with Crippen LogP contribution >= 0.6 is 0 Å². The number of sulfone groups is 1.